The lowest BCUT2D eigenvalue weighted by Gasteiger charge is -2.15. The van der Waals surface area contributed by atoms with Crippen LogP contribution in [0.4, 0.5) is 0 Å². The van der Waals surface area contributed by atoms with E-state index in [0.717, 1.165) is 23.9 Å². The highest BCUT2D eigenvalue weighted by Gasteiger charge is 2.12. The van der Waals surface area contributed by atoms with E-state index in [1.54, 1.807) is 4.57 Å². The second-order valence-electron chi connectivity index (χ2n) is 7.81. The first-order chi connectivity index (χ1) is 14.6. The minimum atomic E-state index is -0.0182. The van der Waals surface area contributed by atoms with Crippen molar-refractivity contribution in [2.45, 2.75) is 45.2 Å². The summed E-state index contributed by atoms with van der Waals surface area (Å²) in [6, 6.07) is 22.0. The predicted octanol–water partition coefficient (Wildman–Crippen LogP) is 4.17. The number of carbonyl (C=O) groups is 1. The number of fused-ring (bicyclic) bond motifs is 3. The van der Waals surface area contributed by atoms with Crippen molar-refractivity contribution in [3.8, 4) is 0 Å². The van der Waals surface area contributed by atoms with Crippen LogP contribution in [0.5, 0.6) is 0 Å². The predicted molar refractivity (Wildman–Crippen MR) is 121 cm³/mol. The Morgan fingerprint density at radius 3 is 2.43 bits per heavy atom. The van der Waals surface area contributed by atoms with Gasteiger partial charge in [0, 0.05) is 25.2 Å². The summed E-state index contributed by atoms with van der Waals surface area (Å²) in [5.41, 5.74) is 3.81. The fraction of sp³-hybridized carbons (Fsp3) is 0.280. The van der Waals surface area contributed by atoms with Gasteiger partial charge in [-0.25, -0.2) is 0 Å². The van der Waals surface area contributed by atoms with Crippen molar-refractivity contribution in [3.63, 3.8) is 0 Å². The summed E-state index contributed by atoms with van der Waals surface area (Å²) in [5.74, 6) is 0.0386. The summed E-state index contributed by atoms with van der Waals surface area (Å²) in [6.45, 7) is 2.56. The van der Waals surface area contributed by atoms with Crippen LogP contribution in [-0.2, 0) is 17.8 Å². The first-order valence-electron chi connectivity index (χ1n) is 10.6. The SMILES string of the molecule is C[C@H](CCc1ccccc1)NC(=O)CCCn1c(=O)c2cccn2c2ccccc21. The molecule has 5 heteroatoms. The molecule has 0 unspecified atom stereocenters. The Balaban J connectivity index is 1.36. The molecule has 0 aliphatic heterocycles. The Labute approximate surface area is 176 Å². The number of benzene rings is 2. The lowest BCUT2D eigenvalue weighted by atomic mass is 10.1. The van der Waals surface area contributed by atoms with E-state index in [4.69, 9.17) is 0 Å². The first-order valence-corrected chi connectivity index (χ1v) is 10.6. The number of rotatable bonds is 8. The van der Waals surface area contributed by atoms with Crippen molar-refractivity contribution in [1.29, 1.82) is 0 Å². The summed E-state index contributed by atoms with van der Waals surface area (Å²) in [6.07, 6.45) is 4.79. The zero-order valence-electron chi connectivity index (χ0n) is 17.3. The Kier molecular flexibility index (Phi) is 5.98. The molecule has 2 aromatic carbocycles. The molecule has 0 aliphatic rings. The molecule has 0 spiro atoms. The van der Waals surface area contributed by atoms with Crippen molar-refractivity contribution in [1.82, 2.24) is 14.3 Å². The van der Waals surface area contributed by atoms with Gasteiger partial charge in [0.2, 0.25) is 5.91 Å². The maximum atomic E-state index is 12.9. The number of carbonyl (C=O) groups excluding carboxylic acids is 1. The van der Waals surface area contributed by atoms with Crippen LogP contribution in [0.3, 0.4) is 0 Å². The number of hydrogen-bond acceptors (Lipinski definition) is 2. The molecule has 154 valence electrons. The number of aryl methyl sites for hydroxylation is 2. The van der Waals surface area contributed by atoms with E-state index in [-0.39, 0.29) is 17.5 Å². The topological polar surface area (TPSA) is 55.5 Å². The van der Waals surface area contributed by atoms with Gasteiger partial charge in [-0.15, -0.1) is 0 Å². The fourth-order valence-corrected chi connectivity index (χ4v) is 3.98. The molecule has 0 aliphatic carbocycles. The highest BCUT2D eigenvalue weighted by atomic mass is 16.1. The van der Waals surface area contributed by atoms with Gasteiger partial charge in [0.1, 0.15) is 5.52 Å². The van der Waals surface area contributed by atoms with Crippen LogP contribution in [0.2, 0.25) is 0 Å². The zero-order chi connectivity index (χ0) is 20.9. The molecular weight excluding hydrogens is 374 g/mol. The third-order valence-electron chi connectivity index (χ3n) is 5.55. The van der Waals surface area contributed by atoms with Gasteiger partial charge in [-0.05, 0) is 56.0 Å². The van der Waals surface area contributed by atoms with E-state index in [1.807, 2.05) is 72.1 Å². The maximum absolute atomic E-state index is 12.9. The molecule has 5 nitrogen and oxygen atoms in total. The third kappa shape index (κ3) is 4.30. The molecule has 30 heavy (non-hydrogen) atoms. The smallest absolute Gasteiger partial charge is 0.275 e. The standard InChI is InChI=1S/C25H27N3O2/c1-19(15-16-20-9-3-2-4-10-20)26-24(29)14-8-18-28-22-12-6-5-11-21(22)27-17-7-13-23(27)25(28)30/h2-7,9-13,17,19H,8,14-16,18H2,1H3,(H,26,29)/t19-/m1/s1. The molecule has 0 bridgehead atoms. The lowest BCUT2D eigenvalue weighted by Crippen LogP contribution is -2.33. The quantitative estimate of drug-likeness (QED) is 0.482. The number of para-hydroxylation sites is 2. The van der Waals surface area contributed by atoms with Crippen LogP contribution in [0.15, 0.2) is 77.7 Å². The molecule has 1 atom stereocenters. The normalized spacial score (nSPS) is 12.3. The lowest BCUT2D eigenvalue weighted by molar-refractivity contribution is -0.121. The van der Waals surface area contributed by atoms with E-state index < -0.39 is 0 Å². The van der Waals surface area contributed by atoms with Crippen LogP contribution in [0, 0.1) is 0 Å². The van der Waals surface area contributed by atoms with Gasteiger partial charge in [0.05, 0.1) is 11.0 Å². The second kappa shape index (κ2) is 8.99. The van der Waals surface area contributed by atoms with Crippen molar-refractivity contribution < 1.29 is 4.79 Å². The average Bonchev–Trinajstić information content (AvgIpc) is 3.26. The van der Waals surface area contributed by atoms with E-state index in [0.29, 0.717) is 24.9 Å². The van der Waals surface area contributed by atoms with Crippen LogP contribution in [0.25, 0.3) is 16.6 Å². The monoisotopic (exact) mass is 401 g/mol. The number of hydrogen-bond donors (Lipinski definition) is 1. The summed E-state index contributed by atoms with van der Waals surface area (Å²) in [4.78, 5) is 25.3. The number of aromatic nitrogens is 2. The van der Waals surface area contributed by atoms with E-state index >= 15 is 0 Å². The minimum absolute atomic E-state index is 0.0182. The fourth-order valence-electron chi connectivity index (χ4n) is 3.98. The Morgan fingerprint density at radius 1 is 0.933 bits per heavy atom. The summed E-state index contributed by atoms with van der Waals surface area (Å²) >= 11 is 0. The second-order valence-corrected chi connectivity index (χ2v) is 7.81. The number of nitrogens with one attached hydrogen (secondary N) is 1. The van der Waals surface area contributed by atoms with Crippen molar-refractivity contribution in [2.75, 3.05) is 0 Å². The first kappa shape index (κ1) is 20.0. The van der Waals surface area contributed by atoms with E-state index in [2.05, 4.69) is 17.4 Å². The van der Waals surface area contributed by atoms with Crippen molar-refractivity contribution in [3.05, 3.63) is 88.8 Å². The minimum Gasteiger partial charge on any atom is -0.354 e. The molecule has 1 N–H and O–H groups in total. The highest BCUT2D eigenvalue weighted by molar-refractivity contribution is 5.79. The van der Waals surface area contributed by atoms with Gasteiger partial charge in [0.25, 0.3) is 5.56 Å². The Hall–Kier alpha value is -3.34. The summed E-state index contributed by atoms with van der Waals surface area (Å²) < 4.78 is 3.71. The van der Waals surface area contributed by atoms with Crippen LogP contribution < -0.4 is 10.9 Å². The molecule has 0 saturated heterocycles. The molecule has 4 rings (SSSR count). The van der Waals surface area contributed by atoms with E-state index in [9.17, 15) is 9.59 Å². The molecule has 2 heterocycles. The van der Waals surface area contributed by atoms with Crippen LogP contribution in [-0.4, -0.2) is 20.9 Å². The van der Waals surface area contributed by atoms with Gasteiger partial charge in [-0.2, -0.15) is 0 Å². The van der Waals surface area contributed by atoms with Gasteiger partial charge < -0.3 is 14.3 Å². The summed E-state index contributed by atoms with van der Waals surface area (Å²) in [7, 11) is 0. The maximum Gasteiger partial charge on any atom is 0.275 e. The van der Waals surface area contributed by atoms with Gasteiger partial charge in [-0.3, -0.25) is 9.59 Å². The van der Waals surface area contributed by atoms with Crippen molar-refractivity contribution in [2.24, 2.45) is 0 Å². The average molecular weight is 402 g/mol. The van der Waals surface area contributed by atoms with Gasteiger partial charge >= 0.3 is 0 Å². The largest absolute Gasteiger partial charge is 0.354 e. The van der Waals surface area contributed by atoms with Crippen LogP contribution >= 0.6 is 0 Å². The molecule has 1 amide bonds. The molecule has 0 fully saturated rings. The summed E-state index contributed by atoms with van der Waals surface area (Å²) in [5, 5.41) is 3.08. The molecule has 0 saturated carbocycles. The van der Waals surface area contributed by atoms with Gasteiger partial charge in [-0.1, -0.05) is 42.5 Å². The van der Waals surface area contributed by atoms with Crippen LogP contribution in [0.1, 0.15) is 31.7 Å². The zero-order valence-corrected chi connectivity index (χ0v) is 17.3. The van der Waals surface area contributed by atoms with Gasteiger partial charge in [0.15, 0.2) is 0 Å². The van der Waals surface area contributed by atoms with Crippen molar-refractivity contribution >= 4 is 22.5 Å². The third-order valence-corrected chi connectivity index (χ3v) is 5.55. The molecule has 2 aromatic heterocycles. The Bertz CT molecular complexity index is 1210. The Morgan fingerprint density at radius 2 is 1.63 bits per heavy atom. The molecule has 4 aromatic rings. The number of nitrogens with zero attached hydrogens (tertiary/aromatic N) is 2. The highest BCUT2D eigenvalue weighted by Crippen LogP contribution is 2.15. The van der Waals surface area contributed by atoms with E-state index in [1.165, 1.54) is 5.56 Å². The molecule has 0 radical (unpaired) electrons. The molecular formula is C25H27N3O2. The number of amides is 1.